The van der Waals surface area contributed by atoms with Crippen LogP contribution in [0.4, 0.5) is 10.1 Å². The van der Waals surface area contributed by atoms with E-state index >= 15 is 0 Å². The lowest BCUT2D eigenvalue weighted by Gasteiger charge is -2.27. The molecule has 0 radical (unpaired) electrons. The average molecular weight is 386 g/mol. The summed E-state index contributed by atoms with van der Waals surface area (Å²) in [5.41, 5.74) is 8.59. The molecule has 2 fully saturated rings. The molecule has 0 saturated carbocycles. The molecule has 4 rings (SSSR count). The molecule has 3 heterocycles. The molecule has 1 aromatic rings. The number of carbonyl (C=O) groups excluding carboxylic acids is 4. The van der Waals surface area contributed by atoms with Crippen LogP contribution in [0.25, 0.3) is 10.4 Å². The molecule has 0 spiro atoms. The zero-order valence-electron chi connectivity index (χ0n) is 14.6. The Morgan fingerprint density at radius 3 is 2.54 bits per heavy atom. The van der Waals surface area contributed by atoms with Gasteiger partial charge in [0.1, 0.15) is 11.9 Å². The van der Waals surface area contributed by atoms with Crippen molar-refractivity contribution < 1.29 is 23.6 Å². The molecule has 11 heteroatoms. The number of anilines is 1. The van der Waals surface area contributed by atoms with Crippen LogP contribution in [0.15, 0.2) is 17.2 Å². The number of halogens is 1. The Labute approximate surface area is 157 Å². The summed E-state index contributed by atoms with van der Waals surface area (Å²) in [5, 5.41) is 5.74. The van der Waals surface area contributed by atoms with Crippen molar-refractivity contribution in [2.24, 2.45) is 5.11 Å². The molecule has 0 aliphatic carbocycles. The molecule has 2 atom stereocenters. The normalized spacial score (nSPS) is 24.3. The van der Waals surface area contributed by atoms with Gasteiger partial charge < -0.3 is 4.90 Å². The number of hydrogen-bond donors (Lipinski definition) is 1. The second-order valence-electron chi connectivity index (χ2n) is 6.89. The monoisotopic (exact) mass is 386 g/mol. The predicted molar refractivity (Wildman–Crippen MR) is 92.8 cm³/mol. The minimum atomic E-state index is -1.10. The van der Waals surface area contributed by atoms with Gasteiger partial charge in [-0.2, -0.15) is 0 Å². The second kappa shape index (κ2) is 6.61. The highest BCUT2D eigenvalue weighted by molar-refractivity contribution is 6.23. The van der Waals surface area contributed by atoms with Crippen LogP contribution >= 0.6 is 0 Å². The fourth-order valence-corrected chi connectivity index (χ4v) is 3.85. The van der Waals surface area contributed by atoms with Crippen molar-refractivity contribution in [2.75, 3.05) is 18.0 Å². The molecule has 4 amide bonds. The van der Waals surface area contributed by atoms with Gasteiger partial charge in [-0.15, -0.1) is 0 Å². The van der Waals surface area contributed by atoms with Crippen molar-refractivity contribution in [1.29, 1.82) is 0 Å². The van der Waals surface area contributed by atoms with E-state index in [2.05, 4.69) is 15.3 Å². The van der Waals surface area contributed by atoms with Crippen molar-refractivity contribution in [3.8, 4) is 0 Å². The fourth-order valence-electron chi connectivity index (χ4n) is 3.85. The first-order valence-corrected chi connectivity index (χ1v) is 8.75. The number of nitrogens with one attached hydrogen (secondary N) is 1. The van der Waals surface area contributed by atoms with E-state index < -0.39 is 35.5 Å². The Balaban J connectivity index is 1.65. The number of rotatable bonds is 3. The highest BCUT2D eigenvalue weighted by Crippen LogP contribution is 2.34. The summed E-state index contributed by atoms with van der Waals surface area (Å²) in [4.78, 5) is 54.1. The molecule has 2 saturated heterocycles. The van der Waals surface area contributed by atoms with E-state index in [4.69, 9.17) is 5.53 Å². The maximum atomic E-state index is 14.7. The molecule has 3 aliphatic heterocycles. The Morgan fingerprint density at radius 1 is 1.14 bits per heavy atom. The molecule has 1 N–H and O–H groups in total. The van der Waals surface area contributed by atoms with Crippen molar-refractivity contribution in [2.45, 2.75) is 31.3 Å². The SMILES string of the molecule is [N-]=[N+]=NC1CCN(c2cc3c(cc2F)C(=O)N(C2CCC(=O)NC2=O)C3=O)C1. The fraction of sp³-hybridized carbons (Fsp3) is 0.412. The van der Waals surface area contributed by atoms with Gasteiger partial charge in [-0.05, 0) is 30.5 Å². The third kappa shape index (κ3) is 2.76. The highest BCUT2D eigenvalue weighted by atomic mass is 19.1. The van der Waals surface area contributed by atoms with Gasteiger partial charge in [-0.25, -0.2) is 4.39 Å². The summed E-state index contributed by atoms with van der Waals surface area (Å²) in [7, 11) is 0. The predicted octanol–water partition coefficient (Wildman–Crippen LogP) is 1.12. The lowest BCUT2D eigenvalue weighted by molar-refractivity contribution is -0.136. The van der Waals surface area contributed by atoms with Crippen molar-refractivity contribution in [3.63, 3.8) is 0 Å². The van der Waals surface area contributed by atoms with Gasteiger partial charge in [-0.3, -0.25) is 29.4 Å². The van der Waals surface area contributed by atoms with Crippen LogP contribution in [-0.2, 0) is 9.59 Å². The molecule has 0 aromatic heterocycles. The Kier molecular flexibility index (Phi) is 4.23. The van der Waals surface area contributed by atoms with Crippen LogP contribution in [0.1, 0.15) is 40.0 Å². The number of imide groups is 2. The maximum absolute atomic E-state index is 14.7. The standard InChI is InChI=1S/C17H15FN6O4/c18-11-5-9-10(6-13(11)23-4-3-8(7-23)21-22-19)17(28)24(16(9)27)12-1-2-14(25)20-15(12)26/h5-6,8,12H,1-4,7H2,(H,20,25,26). The number of nitrogens with zero attached hydrogens (tertiary/aromatic N) is 5. The summed E-state index contributed by atoms with van der Waals surface area (Å²) < 4.78 is 14.7. The van der Waals surface area contributed by atoms with Crippen LogP contribution < -0.4 is 10.2 Å². The van der Waals surface area contributed by atoms with E-state index in [1.54, 1.807) is 4.90 Å². The van der Waals surface area contributed by atoms with Gasteiger partial charge >= 0.3 is 0 Å². The van der Waals surface area contributed by atoms with Gasteiger partial charge in [0.25, 0.3) is 11.8 Å². The minimum absolute atomic E-state index is 0.0119. The molecule has 0 bridgehead atoms. The van der Waals surface area contributed by atoms with Gasteiger partial charge in [0.15, 0.2) is 0 Å². The lowest BCUT2D eigenvalue weighted by atomic mass is 10.0. The smallest absolute Gasteiger partial charge is 0.262 e. The number of piperidine rings is 1. The van der Waals surface area contributed by atoms with Crippen LogP contribution in [-0.4, -0.2) is 53.7 Å². The largest absolute Gasteiger partial charge is 0.369 e. The summed E-state index contributed by atoms with van der Waals surface area (Å²) in [6.07, 6.45) is 0.597. The number of amides is 4. The molecule has 28 heavy (non-hydrogen) atoms. The highest BCUT2D eigenvalue weighted by Gasteiger charge is 2.45. The van der Waals surface area contributed by atoms with Crippen molar-refractivity contribution >= 4 is 29.3 Å². The average Bonchev–Trinajstić information content (AvgIpc) is 3.19. The molecular formula is C17H15FN6O4. The van der Waals surface area contributed by atoms with Gasteiger partial charge in [0, 0.05) is 24.4 Å². The van der Waals surface area contributed by atoms with Crippen LogP contribution in [0.5, 0.6) is 0 Å². The van der Waals surface area contributed by atoms with Gasteiger partial charge in [0.2, 0.25) is 11.8 Å². The molecule has 10 nitrogen and oxygen atoms in total. The third-order valence-electron chi connectivity index (χ3n) is 5.23. The first kappa shape index (κ1) is 17.9. The van der Waals surface area contributed by atoms with E-state index in [-0.39, 0.29) is 35.7 Å². The zero-order chi connectivity index (χ0) is 20.0. The Hall–Kier alpha value is -3.46. The van der Waals surface area contributed by atoms with E-state index in [9.17, 15) is 23.6 Å². The Bertz CT molecular complexity index is 973. The third-order valence-corrected chi connectivity index (χ3v) is 5.23. The number of azide groups is 1. The van der Waals surface area contributed by atoms with E-state index in [0.29, 0.717) is 19.5 Å². The molecule has 1 aromatic carbocycles. The first-order valence-electron chi connectivity index (χ1n) is 8.75. The van der Waals surface area contributed by atoms with E-state index in [0.717, 1.165) is 11.0 Å². The van der Waals surface area contributed by atoms with Crippen molar-refractivity contribution in [1.82, 2.24) is 10.2 Å². The first-order chi connectivity index (χ1) is 13.4. The quantitative estimate of drug-likeness (QED) is 0.359. The van der Waals surface area contributed by atoms with E-state index in [1.807, 2.05) is 0 Å². The number of benzene rings is 1. The summed E-state index contributed by atoms with van der Waals surface area (Å²) in [6.45, 7) is 0.747. The van der Waals surface area contributed by atoms with Crippen molar-refractivity contribution in [3.05, 3.63) is 39.5 Å². The summed E-state index contributed by atoms with van der Waals surface area (Å²) in [5.74, 6) is -3.31. The molecule has 2 unspecified atom stereocenters. The lowest BCUT2D eigenvalue weighted by Crippen LogP contribution is -2.54. The van der Waals surface area contributed by atoms with E-state index in [1.165, 1.54) is 6.07 Å². The van der Waals surface area contributed by atoms with Crippen LogP contribution in [0, 0.1) is 5.82 Å². The number of hydrogen-bond acceptors (Lipinski definition) is 6. The second-order valence-corrected chi connectivity index (χ2v) is 6.89. The van der Waals surface area contributed by atoms with Gasteiger partial charge in [0.05, 0.1) is 22.9 Å². The molecule has 144 valence electrons. The molecular weight excluding hydrogens is 371 g/mol. The summed E-state index contributed by atoms with van der Waals surface area (Å²) >= 11 is 0. The number of carbonyl (C=O) groups is 4. The van der Waals surface area contributed by atoms with Crippen LogP contribution in [0.2, 0.25) is 0 Å². The number of fused-ring (bicyclic) bond motifs is 1. The van der Waals surface area contributed by atoms with Crippen LogP contribution in [0.3, 0.4) is 0 Å². The topological polar surface area (TPSA) is 136 Å². The minimum Gasteiger partial charge on any atom is -0.369 e. The Morgan fingerprint density at radius 2 is 1.86 bits per heavy atom. The summed E-state index contributed by atoms with van der Waals surface area (Å²) in [6, 6.07) is 0.903. The van der Waals surface area contributed by atoms with Gasteiger partial charge in [-0.1, -0.05) is 5.11 Å². The maximum Gasteiger partial charge on any atom is 0.262 e. The zero-order valence-corrected chi connectivity index (χ0v) is 14.6. The molecule has 3 aliphatic rings.